The summed E-state index contributed by atoms with van der Waals surface area (Å²) in [5.41, 5.74) is -0.934. The van der Waals surface area contributed by atoms with Crippen molar-refractivity contribution in [2.75, 3.05) is 7.11 Å². The molecule has 2 nitrogen and oxygen atoms in total. The molecule has 1 aromatic heterocycles. The Kier molecular flexibility index (Phi) is 2.99. The van der Waals surface area contributed by atoms with E-state index >= 15 is 0 Å². The van der Waals surface area contributed by atoms with Crippen molar-refractivity contribution in [3.8, 4) is 5.75 Å². The van der Waals surface area contributed by atoms with Gasteiger partial charge < -0.3 is 4.74 Å². The number of nitrogens with zero attached hydrogens (tertiary/aromatic N) is 1. The third-order valence-corrected chi connectivity index (χ3v) is 1.85. The van der Waals surface area contributed by atoms with Gasteiger partial charge in [-0.15, -0.1) is 0 Å². The second kappa shape index (κ2) is 3.69. The van der Waals surface area contributed by atoms with Gasteiger partial charge >= 0.3 is 6.18 Å². The van der Waals surface area contributed by atoms with E-state index in [0.29, 0.717) is 0 Å². The fraction of sp³-hybridized carbons (Fsp3) is 0.286. The van der Waals surface area contributed by atoms with Crippen molar-refractivity contribution < 1.29 is 17.9 Å². The summed E-state index contributed by atoms with van der Waals surface area (Å²) in [5.74, 6) is 0.159. The predicted octanol–water partition coefficient (Wildman–Crippen LogP) is 2.71. The highest BCUT2D eigenvalue weighted by atomic mass is 127. The van der Waals surface area contributed by atoms with Gasteiger partial charge in [-0.2, -0.15) is 13.2 Å². The standard InChI is InChI=1S/C7H5F3INO/c1-13-4-2-5(7(8,9)10)12-6(11)3-4/h2-3H,1H3. The average Bonchev–Trinajstić information content (AvgIpc) is 2.01. The molecule has 0 aromatic carbocycles. The number of halogens is 4. The maximum atomic E-state index is 12.2. The normalized spacial score (nSPS) is 11.5. The van der Waals surface area contributed by atoms with E-state index in [4.69, 9.17) is 0 Å². The molecular weight excluding hydrogens is 298 g/mol. The molecule has 0 N–H and O–H groups in total. The van der Waals surface area contributed by atoms with Gasteiger partial charge in [0.2, 0.25) is 0 Å². The van der Waals surface area contributed by atoms with Crippen LogP contribution in [0, 0.1) is 3.70 Å². The van der Waals surface area contributed by atoms with Gasteiger partial charge in [0.05, 0.1) is 7.11 Å². The van der Waals surface area contributed by atoms with Gasteiger partial charge in [-0.25, -0.2) is 4.98 Å². The monoisotopic (exact) mass is 303 g/mol. The molecule has 0 aliphatic heterocycles. The Hall–Kier alpha value is -0.530. The molecule has 1 heterocycles. The lowest BCUT2D eigenvalue weighted by Crippen LogP contribution is -2.08. The summed E-state index contributed by atoms with van der Waals surface area (Å²) >= 11 is 1.70. The molecule has 0 atom stereocenters. The largest absolute Gasteiger partial charge is 0.497 e. The molecule has 0 bridgehead atoms. The minimum absolute atomic E-state index is 0.159. The van der Waals surface area contributed by atoms with Crippen LogP contribution in [0.5, 0.6) is 5.75 Å². The quantitative estimate of drug-likeness (QED) is 0.588. The number of methoxy groups -OCH3 is 1. The van der Waals surface area contributed by atoms with Crippen LogP contribution in [0.15, 0.2) is 12.1 Å². The Morgan fingerprint density at radius 2 is 2.00 bits per heavy atom. The van der Waals surface area contributed by atoms with Crippen LogP contribution in [-0.2, 0) is 6.18 Å². The second-order valence-electron chi connectivity index (χ2n) is 2.21. The number of ether oxygens (including phenoxy) is 1. The van der Waals surface area contributed by atoms with Crippen LogP contribution >= 0.6 is 22.6 Å². The van der Waals surface area contributed by atoms with Crippen molar-refractivity contribution in [2.45, 2.75) is 6.18 Å². The van der Waals surface area contributed by atoms with Crippen molar-refractivity contribution >= 4 is 22.6 Å². The number of rotatable bonds is 1. The molecule has 0 fully saturated rings. The van der Waals surface area contributed by atoms with Crippen LogP contribution in [-0.4, -0.2) is 12.1 Å². The van der Waals surface area contributed by atoms with Crippen molar-refractivity contribution in [2.24, 2.45) is 0 Å². The Bertz CT molecular complexity index is 313. The Balaban J connectivity index is 3.16. The molecule has 1 rings (SSSR count). The molecule has 6 heteroatoms. The summed E-state index contributed by atoms with van der Waals surface area (Å²) in [6.45, 7) is 0. The maximum Gasteiger partial charge on any atom is 0.433 e. The van der Waals surface area contributed by atoms with Crippen LogP contribution in [0.1, 0.15) is 5.69 Å². The molecule has 0 saturated carbocycles. The molecule has 13 heavy (non-hydrogen) atoms. The lowest BCUT2D eigenvalue weighted by atomic mass is 10.3. The van der Waals surface area contributed by atoms with Gasteiger partial charge in [-0.3, -0.25) is 0 Å². The fourth-order valence-electron chi connectivity index (χ4n) is 0.736. The molecular formula is C7H5F3INO. The van der Waals surface area contributed by atoms with Gasteiger partial charge in [0.15, 0.2) is 0 Å². The minimum Gasteiger partial charge on any atom is -0.497 e. The lowest BCUT2D eigenvalue weighted by Gasteiger charge is -2.07. The molecule has 0 aliphatic carbocycles. The third kappa shape index (κ3) is 2.71. The van der Waals surface area contributed by atoms with E-state index < -0.39 is 11.9 Å². The highest BCUT2D eigenvalue weighted by Gasteiger charge is 2.33. The van der Waals surface area contributed by atoms with E-state index in [-0.39, 0.29) is 9.45 Å². The van der Waals surface area contributed by atoms with E-state index in [2.05, 4.69) is 9.72 Å². The van der Waals surface area contributed by atoms with Crippen molar-refractivity contribution in [3.63, 3.8) is 0 Å². The zero-order valence-electron chi connectivity index (χ0n) is 6.52. The second-order valence-corrected chi connectivity index (χ2v) is 3.32. The van der Waals surface area contributed by atoms with E-state index in [1.807, 2.05) is 0 Å². The Morgan fingerprint density at radius 1 is 1.38 bits per heavy atom. The van der Waals surface area contributed by atoms with Crippen molar-refractivity contribution in [3.05, 3.63) is 21.5 Å². The molecule has 0 spiro atoms. The molecule has 0 saturated heterocycles. The molecule has 0 amide bonds. The number of hydrogen-bond acceptors (Lipinski definition) is 2. The molecule has 0 aliphatic rings. The smallest absolute Gasteiger partial charge is 0.433 e. The zero-order valence-corrected chi connectivity index (χ0v) is 8.68. The molecule has 0 radical (unpaired) electrons. The zero-order chi connectivity index (χ0) is 10.1. The van der Waals surface area contributed by atoms with E-state index in [0.717, 1.165) is 6.07 Å². The SMILES string of the molecule is COc1cc(I)nc(C(F)(F)F)c1. The fourth-order valence-corrected chi connectivity index (χ4v) is 1.30. The average molecular weight is 303 g/mol. The van der Waals surface area contributed by atoms with E-state index in [1.54, 1.807) is 22.6 Å². The van der Waals surface area contributed by atoms with Gasteiger partial charge in [0.25, 0.3) is 0 Å². The van der Waals surface area contributed by atoms with Crippen LogP contribution in [0.25, 0.3) is 0 Å². The van der Waals surface area contributed by atoms with Crippen LogP contribution in [0.3, 0.4) is 0 Å². The van der Waals surface area contributed by atoms with Gasteiger partial charge in [-0.1, -0.05) is 0 Å². The van der Waals surface area contributed by atoms with E-state index in [9.17, 15) is 13.2 Å². The van der Waals surface area contributed by atoms with Crippen LogP contribution < -0.4 is 4.74 Å². The first-order valence-corrected chi connectivity index (χ1v) is 4.30. The Labute approximate surface area is 86.3 Å². The first kappa shape index (κ1) is 10.6. The van der Waals surface area contributed by atoms with Crippen LogP contribution in [0.4, 0.5) is 13.2 Å². The number of alkyl halides is 3. The van der Waals surface area contributed by atoms with E-state index in [1.165, 1.54) is 13.2 Å². The highest BCUT2D eigenvalue weighted by Crippen LogP contribution is 2.30. The van der Waals surface area contributed by atoms with Gasteiger partial charge in [0, 0.05) is 12.1 Å². The first-order chi connectivity index (χ1) is 5.93. The summed E-state index contributed by atoms with van der Waals surface area (Å²) in [5, 5.41) is 0. The summed E-state index contributed by atoms with van der Waals surface area (Å²) in [6, 6.07) is 2.29. The number of pyridine rings is 1. The van der Waals surface area contributed by atoms with Crippen LogP contribution in [0.2, 0.25) is 0 Å². The van der Waals surface area contributed by atoms with Crippen molar-refractivity contribution in [1.82, 2.24) is 4.98 Å². The number of hydrogen-bond donors (Lipinski definition) is 0. The summed E-state index contributed by atoms with van der Waals surface area (Å²) < 4.78 is 41.4. The van der Waals surface area contributed by atoms with Crippen molar-refractivity contribution in [1.29, 1.82) is 0 Å². The third-order valence-electron chi connectivity index (χ3n) is 1.29. The summed E-state index contributed by atoms with van der Waals surface area (Å²) in [4.78, 5) is 3.33. The molecule has 0 unspecified atom stereocenters. The first-order valence-electron chi connectivity index (χ1n) is 3.22. The maximum absolute atomic E-state index is 12.2. The molecule has 72 valence electrons. The summed E-state index contributed by atoms with van der Waals surface area (Å²) in [6.07, 6.45) is -4.42. The number of aromatic nitrogens is 1. The van der Waals surface area contributed by atoms with Gasteiger partial charge in [-0.05, 0) is 22.6 Å². The lowest BCUT2D eigenvalue weighted by molar-refractivity contribution is -0.141. The predicted molar refractivity (Wildman–Crippen MR) is 48.5 cm³/mol. The summed E-state index contributed by atoms with van der Waals surface area (Å²) in [7, 11) is 1.31. The topological polar surface area (TPSA) is 22.1 Å². The van der Waals surface area contributed by atoms with Gasteiger partial charge in [0.1, 0.15) is 15.1 Å². The highest BCUT2D eigenvalue weighted by molar-refractivity contribution is 14.1. The molecule has 1 aromatic rings. The Morgan fingerprint density at radius 3 is 2.46 bits per heavy atom. The minimum atomic E-state index is -4.42.